The Balaban J connectivity index is 1.05. The molecule has 51 heavy (non-hydrogen) atoms. The van der Waals surface area contributed by atoms with Gasteiger partial charge in [-0.15, -0.1) is 0 Å². The lowest BCUT2D eigenvalue weighted by Crippen LogP contribution is -2.67. The lowest BCUT2D eigenvalue weighted by atomic mass is 9.95. The second-order valence-corrected chi connectivity index (χ2v) is 13.1. The molecule has 7 unspecified atom stereocenters. The number of ether oxygens (including phenoxy) is 9. The average molecular weight is 699 g/mol. The molecule has 0 spiro atoms. The molecule has 4 aliphatic heterocycles. The highest BCUT2D eigenvalue weighted by molar-refractivity contribution is 5.19. The molecule has 4 aliphatic rings. The summed E-state index contributed by atoms with van der Waals surface area (Å²) in [6.07, 6.45) is -10.9. The van der Waals surface area contributed by atoms with E-state index in [4.69, 9.17) is 42.6 Å². The van der Waals surface area contributed by atoms with E-state index < -0.39 is 74.0 Å². The van der Waals surface area contributed by atoms with E-state index in [1.54, 1.807) is 0 Å². The third-order valence-corrected chi connectivity index (χ3v) is 9.61. The molecule has 2 N–H and O–H groups in total. The van der Waals surface area contributed by atoms with Crippen LogP contribution in [0.15, 0.2) is 121 Å². The first-order chi connectivity index (χ1) is 25.1. The molecule has 0 amide bonds. The van der Waals surface area contributed by atoms with Crippen LogP contribution in [0.1, 0.15) is 34.8 Å². The van der Waals surface area contributed by atoms with Crippen molar-refractivity contribution in [3.63, 3.8) is 0 Å². The Kier molecular flexibility index (Phi) is 10.8. The van der Waals surface area contributed by atoms with E-state index in [0.717, 1.165) is 22.3 Å². The Hall–Kier alpha value is -3.56. The normalized spacial score (nSPS) is 35.0. The van der Waals surface area contributed by atoms with Gasteiger partial charge in [0.25, 0.3) is 0 Å². The van der Waals surface area contributed by atoms with E-state index in [1.165, 1.54) is 0 Å². The average Bonchev–Trinajstić information content (AvgIpc) is 3.19. The van der Waals surface area contributed by atoms with Gasteiger partial charge in [-0.2, -0.15) is 0 Å². The quantitative estimate of drug-likeness (QED) is 0.242. The maximum absolute atomic E-state index is 11.9. The van der Waals surface area contributed by atoms with Crippen LogP contribution in [0, 0.1) is 0 Å². The molecule has 268 valence electrons. The predicted molar refractivity (Wildman–Crippen MR) is 180 cm³/mol. The lowest BCUT2D eigenvalue weighted by molar-refractivity contribution is -0.407. The smallest absolute Gasteiger partial charge is 0.187 e. The van der Waals surface area contributed by atoms with Gasteiger partial charge < -0.3 is 52.8 Å². The largest absolute Gasteiger partial charge is 0.385 e. The summed E-state index contributed by atoms with van der Waals surface area (Å²) in [6.45, 7) is 0.753. The van der Waals surface area contributed by atoms with Crippen molar-refractivity contribution in [2.75, 3.05) is 13.2 Å². The van der Waals surface area contributed by atoms with Gasteiger partial charge in [0, 0.05) is 11.1 Å². The highest BCUT2D eigenvalue weighted by Gasteiger charge is 2.55. The molecular formula is C40H42O11. The fraction of sp³-hybridized carbons (Fsp3) is 0.400. The van der Waals surface area contributed by atoms with Crippen LogP contribution in [0.4, 0.5) is 0 Å². The summed E-state index contributed by atoms with van der Waals surface area (Å²) >= 11 is 0. The molecule has 0 aromatic heterocycles. The van der Waals surface area contributed by atoms with Crippen molar-refractivity contribution in [3.8, 4) is 0 Å². The Labute approximate surface area is 296 Å². The summed E-state index contributed by atoms with van der Waals surface area (Å²) in [5.74, 6) is 0. The van der Waals surface area contributed by atoms with Crippen molar-refractivity contribution >= 4 is 0 Å². The third-order valence-electron chi connectivity index (χ3n) is 9.61. The molecule has 4 saturated heterocycles. The monoisotopic (exact) mass is 698 g/mol. The predicted octanol–water partition coefficient (Wildman–Crippen LogP) is 4.57. The van der Waals surface area contributed by atoms with Gasteiger partial charge in [-0.25, -0.2) is 0 Å². The van der Waals surface area contributed by atoms with Crippen LogP contribution in [0.2, 0.25) is 0 Å². The van der Waals surface area contributed by atoms with Gasteiger partial charge in [-0.1, -0.05) is 121 Å². The van der Waals surface area contributed by atoms with Gasteiger partial charge in [-0.05, 0) is 11.1 Å². The Morgan fingerprint density at radius 2 is 0.961 bits per heavy atom. The summed E-state index contributed by atoms with van der Waals surface area (Å²) in [5.41, 5.74) is 3.53. The zero-order valence-electron chi connectivity index (χ0n) is 27.9. The summed E-state index contributed by atoms with van der Waals surface area (Å²) in [6, 6.07) is 38.6. The fourth-order valence-electron chi connectivity index (χ4n) is 7.01. The van der Waals surface area contributed by atoms with Gasteiger partial charge >= 0.3 is 0 Å². The van der Waals surface area contributed by atoms with Gasteiger partial charge in [0.05, 0.1) is 26.4 Å². The number of benzene rings is 4. The fourth-order valence-corrected chi connectivity index (χ4v) is 7.01. The number of hydrogen-bond donors (Lipinski definition) is 2. The zero-order valence-corrected chi connectivity index (χ0v) is 27.9. The first-order valence-corrected chi connectivity index (χ1v) is 17.4. The van der Waals surface area contributed by atoms with Crippen molar-refractivity contribution in [1.82, 2.24) is 0 Å². The minimum absolute atomic E-state index is 0.156. The Morgan fingerprint density at radius 1 is 0.510 bits per heavy atom. The minimum atomic E-state index is -1.45. The number of rotatable bonds is 10. The summed E-state index contributed by atoms with van der Waals surface area (Å²) < 4.78 is 56.8. The second kappa shape index (κ2) is 16.0. The van der Waals surface area contributed by atoms with Crippen LogP contribution < -0.4 is 0 Å². The van der Waals surface area contributed by atoms with Crippen LogP contribution in [0.5, 0.6) is 0 Å². The second-order valence-electron chi connectivity index (χ2n) is 13.1. The van der Waals surface area contributed by atoms with E-state index in [2.05, 4.69) is 0 Å². The van der Waals surface area contributed by atoms with Crippen LogP contribution in [-0.4, -0.2) is 84.8 Å². The van der Waals surface area contributed by atoms with E-state index in [-0.39, 0.29) is 26.4 Å². The molecule has 4 heterocycles. The molecule has 12 atom stereocenters. The highest BCUT2D eigenvalue weighted by atomic mass is 16.8. The minimum Gasteiger partial charge on any atom is -0.385 e. The third kappa shape index (κ3) is 7.80. The van der Waals surface area contributed by atoms with Crippen molar-refractivity contribution in [2.45, 2.75) is 87.2 Å². The van der Waals surface area contributed by atoms with Crippen molar-refractivity contribution in [2.24, 2.45) is 0 Å². The Bertz CT molecular complexity index is 1650. The molecule has 8 rings (SSSR count). The summed E-state index contributed by atoms with van der Waals surface area (Å²) in [4.78, 5) is 0. The SMILES string of the molecule is OC1OC2COC(c3ccccc3)O[C@H]2[C@H](OCc2ccccc2)C1O[C@@H]1OC2COC(c3ccccc3)O[C@H]2[C@H](OCc2ccccc2)C1O. The Morgan fingerprint density at radius 3 is 1.49 bits per heavy atom. The van der Waals surface area contributed by atoms with E-state index in [9.17, 15) is 10.2 Å². The van der Waals surface area contributed by atoms with Gasteiger partial charge in [-0.3, -0.25) is 0 Å². The lowest BCUT2D eigenvalue weighted by Gasteiger charge is -2.51. The molecular weight excluding hydrogens is 656 g/mol. The maximum Gasteiger partial charge on any atom is 0.187 e. The van der Waals surface area contributed by atoms with Crippen molar-refractivity contribution in [1.29, 1.82) is 0 Å². The first-order valence-electron chi connectivity index (χ1n) is 17.4. The van der Waals surface area contributed by atoms with Gasteiger partial charge in [0.2, 0.25) is 0 Å². The molecule has 0 radical (unpaired) electrons. The number of aliphatic hydroxyl groups is 2. The summed E-state index contributed by atoms with van der Waals surface area (Å²) in [5, 5.41) is 23.4. The number of fused-ring (bicyclic) bond motifs is 2. The van der Waals surface area contributed by atoms with Crippen molar-refractivity contribution in [3.05, 3.63) is 144 Å². The molecule has 4 aromatic carbocycles. The molecule has 0 aliphatic carbocycles. The van der Waals surface area contributed by atoms with E-state index in [0.29, 0.717) is 0 Å². The standard InChI is InChI=1S/C40H42O11/c41-31-34(43-21-25-13-5-1-6-14-25)32-30(24-46-38(49-32)27-17-9-3-10-18-27)48-40(31)51-36-35(44-22-26-15-7-2-8-16-26)33-29(47-37(36)42)23-45-39(50-33)28-19-11-4-12-20-28/h1-20,29-42H,21-24H2/t29?,30?,31?,32-,33-,34-,35+,36?,37?,38?,39?,40+/m1/s1. The van der Waals surface area contributed by atoms with Crippen LogP contribution in [0.3, 0.4) is 0 Å². The van der Waals surface area contributed by atoms with Crippen LogP contribution >= 0.6 is 0 Å². The molecule has 11 heteroatoms. The van der Waals surface area contributed by atoms with Gasteiger partial charge in [0.15, 0.2) is 25.2 Å². The van der Waals surface area contributed by atoms with Crippen LogP contribution in [-0.2, 0) is 55.8 Å². The van der Waals surface area contributed by atoms with E-state index in [1.807, 2.05) is 121 Å². The molecule has 0 saturated carbocycles. The maximum atomic E-state index is 11.9. The molecule has 4 fully saturated rings. The first kappa shape index (κ1) is 34.5. The summed E-state index contributed by atoms with van der Waals surface area (Å²) in [7, 11) is 0. The topological polar surface area (TPSA) is 124 Å². The number of aliphatic hydroxyl groups excluding tert-OH is 2. The zero-order chi connectivity index (χ0) is 34.6. The van der Waals surface area contributed by atoms with Crippen molar-refractivity contribution < 1.29 is 52.8 Å². The molecule has 0 bridgehead atoms. The molecule has 4 aromatic rings. The highest BCUT2D eigenvalue weighted by Crippen LogP contribution is 2.40. The van der Waals surface area contributed by atoms with E-state index >= 15 is 0 Å². The van der Waals surface area contributed by atoms with Crippen LogP contribution in [0.25, 0.3) is 0 Å². The molecule has 11 nitrogen and oxygen atoms in total. The van der Waals surface area contributed by atoms with Gasteiger partial charge in [0.1, 0.15) is 48.8 Å². The number of hydrogen-bond acceptors (Lipinski definition) is 11.